The third-order valence-electron chi connectivity index (χ3n) is 3.37. The highest BCUT2D eigenvalue weighted by Gasteiger charge is 2.31. The summed E-state index contributed by atoms with van der Waals surface area (Å²) in [7, 11) is 0. The number of anilines is 1. The first-order chi connectivity index (χ1) is 12.8. The van der Waals surface area contributed by atoms with E-state index in [0.717, 1.165) is 0 Å². The van der Waals surface area contributed by atoms with Crippen molar-refractivity contribution < 1.29 is 27.1 Å². The Labute approximate surface area is 155 Å². The van der Waals surface area contributed by atoms with Crippen molar-refractivity contribution in [3.63, 3.8) is 0 Å². The van der Waals surface area contributed by atoms with Crippen molar-refractivity contribution in [3.05, 3.63) is 65.4 Å². The number of hydrogen-bond acceptors (Lipinski definition) is 4. The number of carbonyl (C=O) groups excluding carboxylic acids is 1. The zero-order chi connectivity index (χ0) is 19.4. The number of hydrogen-bond donors (Lipinski definition) is 1. The van der Waals surface area contributed by atoms with Crippen LogP contribution in [0.2, 0.25) is 0 Å². The molecule has 4 nitrogen and oxygen atoms in total. The number of nitrogens with one attached hydrogen (secondary N) is 1. The van der Waals surface area contributed by atoms with Gasteiger partial charge in [0.15, 0.2) is 0 Å². The maximum absolute atomic E-state index is 13.5. The Morgan fingerprint density at radius 1 is 1.11 bits per heavy atom. The van der Waals surface area contributed by atoms with Crippen molar-refractivity contribution >= 4 is 22.9 Å². The molecule has 0 fully saturated rings. The minimum atomic E-state index is -4.75. The van der Waals surface area contributed by atoms with E-state index in [1.165, 1.54) is 60.0 Å². The fourth-order valence-corrected chi connectivity index (χ4v) is 3.15. The second kappa shape index (κ2) is 7.75. The summed E-state index contributed by atoms with van der Waals surface area (Å²) in [5, 5.41) is 3.02. The van der Waals surface area contributed by atoms with Crippen LogP contribution >= 0.6 is 11.3 Å². The maximum atomic E-state index is 13.5. The van der Waals surface area contributed by atoms with Crippen molar-refractivity contribution in [1.82, 2.24) is 4.98 Å². The molecule has 1 heterocycles. The molecule has 3 rings (SSSR count). The van der Waals surface area contributed by atoms with Gasteiger partial charge in [0, 0.05) is 16.6 Å². The van der Waals surface area contributed by atoms with Crippen molar-refractivity contribution in [3.8, 4) is 16.3 Å². The molecule has 2 aromatic carbocycles. The molecule has 0 radical (unpaired) electrons. The number of halogens is 4. The van der Waals surface area contributed by atoms with Crippen LogP contribution in [0.25, 0.3) is 10.6 Å². The molecule has 0 atom stereocenters. The molecule has 0 saturated carbocycles. The Morgan fingerprint density at radius 3 is 2.48 bits per heavy atom. The first kappa shape index (κ1) is 18.8. The van der Waals surface area contributed by atoms with Gasteiger partial charge in [0.1, 0.15) is 16.6 Å². The number of nitrogens with zero attached hydrogens (tertiary/aromatic N) is 1. The topological polar surface area (TPSA) is 51.2 Å². The second-order valence-corrected chi connectivity index (χ2v) is 6.52. The summed E-state index contributed by atoms with van der Waals surface area (Å²) in [6.07, 6.45) is -3.25. The van der Waals surface area contributed by atoms with E-state index in [-0.39, 0.29) is 17.9 Å². The number of benzene rings is 2. The summed E-state index contributed by atoms with van der Waals surface area (Å²) in [5.41, 5.74) is 0.683. The van der Waals surface area contributed by atoms with Crippen LogP contribution in [0, 0.1) is 5.82 Å². The fraction of sp³-hybridized carbons (Fsp3) is 0.111. The summed E-state index contributed by atoms with van der Waals surface area (Å²) in [6.45, 7) is 0. The van der Waals surface area contributed by atoms with Crippen LogP contribution in [0.5, 0.6) is 5.75 Å². The molecule has 1 amide bonds. The molecule has 0 aliphatic carbocycles. The lowest BCUT2D eigenvalue weighted by Gasteiger charge is -2.08. The molecule has 0 bridgehead atoms. The molecule has 0 unspecified atom stereocenters. The Bertz CT molecular complexity index is 939. The zero-order valence-corrected chi connectivity index (χ0v) is 14.4. The van der Waals surface area contributed by atoms with Gasteiger partial charge in [-0.3, -0.25) is 4.79 Å². The molecular weight excluding hydrogens is 384 g/mol. The number of amides is 1. The average Bonchev–Trinajstić information content (AvgIpc) is 3.04. The van der Waals surface area contributed by atoms with E-state index in [1.54, 1.807) is 6.07 Å². The van der Waals surface area contributed by atoms with E-state index >= 15 is 0 Å². The summed E-state index contributed by atoms with van der Waals surface area (Å²) in [4.78, 5) is 16.8. The zero-order valence-electron chi connectivity index (χ0n) is 13.6. The van der Waals surface area contributed by atoms with Gasteiger partial charge in [-0.05, 0) is 36.4 Å². The van der Waals surface area contributed by atoms with Crippen molar-refractivity contribution in [1.29, 1.82) is 0 Å². The minimum absolute atomic E-state index is 0.00126. The third-order valence-corrected chi connectivity index (χ3v) is 4.42. The lowest BCUT2D eigenvalue weighted by atomic mass is 10.2. The Kier molecular flexibility index (Phi) is 5.41. The van der Waals surface area contributed by atoms with Gasteiger partial charge in [-0.25, -0.2) is 9.37 Å². The molecule has 0 aliphatic heterocycles. The van der Waals surface area contributed by atoms with E-state index in [2.05, 4.69) is 15.0 Å². The molecule has 0 spiro atoms. The van der Waals surface area contributed by atoms with Crippen LogP contribution in [0.3, 0.4) is 0 Å². The molecule has 1 aromatic heterocycles. The largest absolute Gasteiger partial charge is 0.573 e. The van der Waals surface area contributed by atoms with E-state index < -0.39 is 18.1 Å². The van der Waals surface area contributed by atoms with Crippen molar-refractivity contribution in [2.24, 2.45) is 0 Å². The second-order valence-electron chi connectivity index (χ2n) is 5.41. The van der Waals surface area contributed by atoms with Gasteiger partial charge in [0.05, 0.1) is 12.1 Å². The number of carbonyl (C=O) groups is 1. The highest BCUT2D eigenvalue weighted by Crippen LogP contribution is 2.29. The monoisotopic (exact) mass is 396 g/mol. The van der Waals surface area contributed by atoms with Crippen LogP contribution in [-0.2, 0) is 11.2 Å². The van der Waals surface area contributed by atoms with Crippen LogP contribution in [0.15, 0.2) is 54.7 Å². The Hall–Kier alpha value is -2.94. The number of thiazole rings is 1. The quantitative estimate of drug-likeness (QED) is 0.616. The number of aromatic nitrogens is 1. The summed E-state index contributed by atoms with van der Waals surface area (Å²) in [6, 6.07) is 11.1. The lowest BCUT2D eigenvalue weighted by Crippen LogP contribution is -2.16. The lowest BCUT2D eigenvalue weighted by molar-refractivity contribution is -0.274. The van der Waals surface area contributed by atoms with Crippen LogP contribution in [0.4, 0.5) is 23.2 Å². The molecule has 140 valence electrons. The molecular formula is C18H12F4N2O2S. The normalized spacial score (nSPS) is 11.3. The predicted octanol–water partition coefficient (Wildman–Crippen LogP) is 5.03. The van der Waals surface area contributed by atoms with Gasteiger partial charge in [-0.2, -0.15) is 0 Å². The molecule has 27 heavy (non-hydrogen) atoms. The summed E-state index contributed by atoms with van der Waals surface area (Å²) in [5.74, 6) is -1.26. The van der Waals surface area contributed by atoms with E-state index in [0.29, 0.717) is 15.4 Å². The first-order valence-corrected chi connectivity index (χ1v) is 8.47. The van der Waals surface area contributed by atoms with Crippen LogP contribution in [0.1, 0.15) is 4.88 Å². The van der Waals surface area contributed by atoms with Gasteiger partial charge in [-0.15, -0.1) is 24.5 Å². The number of ether oxygens (including phenoxy) is 1. The fourth-order valence-electron chi connectivity index (χ4n) is 2.24. The van der Waals surface area contributed by atoms with Gasteiger partial charge in [0.25, 0.3) is 0 Å². The SMILES string of the molecule is O=C(Cc1cnc(-c2ccc(OC(F)(F)F)cc2)s1)Nc1ccccc1F. The van der Waals surface area contributed by atoms with Gasteiger partial charge < -0.3 is 10.1 Å². The predicted molar refractivity (Wildman–Crippen MR) is 93.0 cm³/mol. The third kappa shape index (κ3) is 5.27. The molecule has 0 saturated heterocycles. The smallest absolute Gasteiger partial charge is 0.406 e. The molecule has 3 aromatic rings. The van der Waals surface area contributed by atoms with Gasteiger partial charge >= 0.3 is 6.36 Å². The summed E-state index contributed by atoms with van der Waals surface area (Å²) < 4.78 is 53.9. The van der Waals surface area contributed by atoms with Gasteiger partial charge in [-0.1, -0.05) is 12.1 Å². The average molecular weight is 396 g/mol. The first-order valence-electron chi connectivity index (χ1n) is 7.65. The number of alkyl halides is 3. The molecule has 9 heteroatoms. The molecule has 1 N–H and O–H groups in total. The van der Waals surface area contributed by atoms with Crippen LogP contribution in [-0.4, -0.2) is 17.3 Å². The number of para-hydroxylation sites is 1. The maximum Gasteiger partial charge on any atom is 0.573 e. The molecule has 0 aliphatic rings. The van der Waals surface area contributed by atoms with E-state index in [4.69, 9.17) is 0 Å². The highest BCUT2D eigenvalue weighted by atomic mass is 32.1. The Morgan fingerprint density at radius 2 is 1.81 bits per heavy atom. The van der Waals surface area contributed by atoms with E-state index in [1.807, 2.05) is 0 Å². The van der Waals surface area contributed by atoms with Crippen LogP contribution < -0.4 is 10.1 Å². The number of rotatable bonds is 5. The standard InChI is InChI=1S/C18H12F4N2O2S/c19-14-3-1-2-4-15(14)24-16(25)9-13-10-23-17(27-13)11-5-7-12(8-6-11)26-18(20,21)22/h1-8,10H,9H2,(H,24,25). The van der Waals surface area contributed by atoms with E-state index in [9.17, 15) is 22.4 Å². The minimum Gasteiger partial charge on any atom is -0.406 e. The highest BCUT2D eigenvalue weighted by molar-refractivity contribution is 7.15. The van der Waals surface area contributed by atoms with Crippen molar-refractivity contribution in [2.75, 3.05) is 5.32 Å². The Balaban J connectivity index is 1.64. The van der Waals surface area contributed by atoms with Gasteiger partial charge in [0.2, 0.25) is 5.91 Å². The summed E-state index contributed by atoms with van der Waals surface area (Å²) >= 11 is 1.22. The van der Waals surface area contributed by atoms with Crippen molar-refractivity contribution in [2.45, 2.75) is 12.8 Å².